The van der Waals surface area contributed by atoms with E-state index in [1.807, 2.05) is 0 Å². The van der Waals surface area contributed by atoms with E-state index in [1.165, 1.54) is 96.3 Å². The Balaban J connectivity index is 4.63. The predicted molar refractivity (Wildman–Crippen MR) is 178 cm³/mol. The molecule has 0 aliphatic rings. The summed E-state index contributed by atoms with van der Waals surface area (Å²) in [5.74, 6) is -2.54. The van der Waals surface area contributed by atoms with Crippen molar-refractivity contribution in [1.82, 2.24) is 0 Å². The van der Waals surface area contributed by atoms with E-state index in [-0.39, 0.29) is 19.3 Å². The summed E-state index contributed by atoms with van der Waals surface area (Å²) in [5, 5.41) is 32.6. The molecule has 43 heavy (non-hydrogen) atoms. The SMILES string of the molecule is CCCCCCCCCCCCCCCCCC(=O)C(O)(C(=O)CCCCCCCCCCC)C(O)(CO)C(=O)CCC. The molecule has 0 spiro atoms. The van der Waals surface area contributed by atoms with E-state index in [1.54, 1.807) is 6.92 Å². The van der Waals surface area contributed by atoms with E-state index in [0.29, 0.717) is 19.3 Å². The second-order valence-electron chi connectivity index (χ2n) is 13.0. The highest BCUT2D eigenvalue weighted by molar-refractivity contribution is 6.16. The average Bonchev–Trinajstić information content (AvgIpc) is 3.00. The molecule has 0 saturated carbocycles. The summed E-state index contributed by atoms with van der Waals surface area (Å²) in [6.45, 7) is 5.02. The van der Waals surface area contributed by atoms with Gasteiger partial charge < -0.3 is 15.3 Å². The van der Waals surface area contributed by atoms with Gasteiger partial charge in [-0.1, -0.05) is 162 Å². The Labute approximate surface area is 265 Å². The van der Waals surface area contributed by atoms with Crippen LogP contribution in [0.1, 0.15) is 201 Å². The number of Topliss-reactive ketones (excluding diaryl/α,β-unsaturated/α-hetero) is 3. The Kier molecular flexibility index (Phi) is 26.5. The summed E-state index contributed by atoms with van der Waals surface area (Å²) in [5.41, 5.74) is -5.70. The Morgan fingerprint density at radius 3 is 0.930 bits per heavy atom. The van der Waals surface area contributed by atoms with Crippen molar-refractivity contribution in [2.24, 2.45) is 0 Å². The standard InChI is InChI=1S/C37H70O6/c1-4-7-9-11-13-15-16-17-18-19-20-22-24-26-28-31-35(41)37(43,36(42,32-38)33(39)29-6-3)34(40)30-27-25-23-21-14-12-10-8-5-2/h38,42-43H,4-32H2,1-3H3. The number of ketones is 3. The Bertz CT molecular complexity index is 707. The first-order chi connectivity index (χ1) is 20.8. The number of unbranched alkanes of at least 4 members (excludes halogenated alkanes) is 22. The number of aliphatic hydroxyl groups is 3. The maximum atomic E-state index is 13.3. The highest BCUT2D eigenvalue weighted by Gasteiger charge is 2.62. The van der Waals surface area contributed by atoms with Crippen molar-refractivity contribution < 1.29 is 29.7 Å². The number of hydrogen-bond acceptors (Lipinski definition) is 6. The number of rotatable bonds is 33. The molecule has 0 radical (unpaired) electrons. The molecule has 0 bridgehead atoms. The lowest BCUT2D eigenvalue weighted by molar-refractivity contribution is -0.194. The van der Waals surface area contributed by atoms with Crippen molar-refractivity contribution in [2.45, 2.75) is 212 Å². The summed E-state index contributed by atoms with van der Waals surface area (Å²) >= 11 is 0. The molecule has 0 aromatic rings. The Morgan fingerprint density at radius 1 is 0.395 bits per heavy atom. The summed E-state index contributed by atoms with van der Waals surface area (Å²) in [6.07, 6.45) is 27.2. The molecule has 6 heteroatoms. The van der Waals surface area contributed by atoms with E-state index < -0.39 is 35.2 Å². The first-order valence-electron chi connectivity index (χ1n) is 18.4. The van der Waals surface area contributed by atoms with Crippen LogP contribution in [0.2, 0.25) is 0 Å². The Hall–Kier alpha value is -1.11. The lowest BCUT2D eigenvalue weighted by Crippen LogP contribution is -2.69. The summed E-state index contributed by atoms with van der Waals surface area (Å²) in [6, 6.07) is 0. The third kappa shape index (κ3) is 17.2. The number of carbonyl (C=O) groups excluding carboxylic acids is 3. The second kappa shape index (κ2) is 27.2. The molecule has 0 aliphatic heterocycles. The lowest BCUT2D eigenvalue weighted by atomic mass is 9.71. The molecular formula is C37H70O6. The van der Waals surface area contributed by atoms with Crippen LogP contribution in [-0.4, -0.2) is 50.5 Å². The van der Waals surface area contributed by atoms with Gasteiger partial charge in [0.25, 0.3) is 0 Å². The smallest absolute Gasteiger partial charge is 0.219 e. The molecule has 0 saturated heterocycles. The van der Waals surface area contributed by atoms with Crippen LogP contribution < -0.4 is 0 Å². The van der Waals surface area contributed by atoms with Crippen molar-refractivity contribution >= 4 is 17.3 Å². The van der Waals surface area contributed by atoms with Crippen LogP contribution in [0.3, 0.4) is 0 Å². The lowest BCUT2D eigenvalue weighted by Gasteiger charge is -2.39. The van der Waals surface area contributed by atoms with Crippen LogP contribution in [0.25, 0.3) is 0 Å². The van der Waals surface area contributed by atoms with Crippen molar-refractivity contribution in [2.75, 3.05) is 6.61 Å². The van der Waals surface area contributed by atoms with Gasteiger partial charge in [-0.3, -0.25) is 14.4 Å². The molecular weight excluding hydrogens is 540 g/mol. The van der Waals surface area contributed by atoms with E-state index in [9.17, 15) is 29.7 Å². The summed E-state index contributed by atoms with van der Waals surface area (Å²) in [4.78, 5) is 39.4. The zero-order chi connectivity index (χ0) is 32.2. The van der Waals surface area contributed by atoms with Gasteiger partial charge in [0.1, 0.15) is 0 Å². The Morgan fingerprint density at radius 2 is 0.674 bits per heavy atom. The van der Waals surface area contributed by atoms with Gasteiger partial charge in [0.15, 0.2) is 23.0 Å². The minimum Gasteiger partial charge on any atom is -0.393 e. The highest BCUT2D eigenvalue weighted by Crippen LogP contribution is 2.31. The van der Waals surface area contributed by atoms with Crippen LogP contribution in [-0.2, 0) is 14.4 Å². The molecule has 0 aromatic heterocycles. The molecule has 0 rings (SSSR count). The van der Waals surface area contributed by atoms with Crippen LogP contribution in [0, 0.1) is 0 Å². The zero-order valence-corrected chi connectivity index (χ0v) is 28.6. The summed E-state index contributed by atoms with van der Waals surface area (Å²) < 4.78 is 0. The number of carbonyl (C=O) groups is 3. The topological polar surface area (TPSA) is 112 Å². The van der Waals surface area contributed by atoms with Crippen LogP contribution in [0.4, 0.5) is 0 Å². The van der Waals surface area contributed by atoms with E-state index in [4.69, 9.17) is 0 Å². The van der Waals surface area contributed by atoms with Crippen LogP contribution in [0.5, 0.6) is 0 Å². The highest BCUT2D eigenvalue weighted by atomic mass is 16.4. The van der Waals surface area contributed by atoms with E-state index >= 15 is 0 Å². The van der Waals surface area contributed by atoms with Gasteiger partial charge in [-0.05, 0) is 19.3 Å². The molecule has 2 unspecified atom stereocenters. The van der Waals surface area contributed by atoms with Crippen molar-refractivity contribution in [1.29, 1.82) is 0 Å². The summed E-state index contributed by atoms with van der Waals surface area (Å²) in [7, 11) is 0. The fourth-order valence-corrected chi connectivity index (χ4v) is 6.07. The van der Waals surface area contributed by atoms with Crippen LogP contribution >= 0.6 is 0 Å². The van der Waals surface area contributed by atoms with Crippen LogP contribution in [0.15, 0.2) is 0 Å². The normalized spacial score (nSPS) is 14.4. The van der Waals surface area contributed by atoms with Crippen molar-refractivity contribution in [3.63, 3.8) is 0 Å². The third-order valence-corrected chi connectivity index (χ3v) is 9.09. The van der Waals surface area contributed by atoms with E-state index in [0.717, 1.165) is 44.9 Å². The molecule has 0 aliphatic carbocycles. The first kappa shape index (κ1) is 41.9. The molecule has 2 atom stereocenters. The minimum atomic E-state index is -2.90. The van der Waals surface area contributed by atoms with Gasteiger partial charge in [0, 0.05) is 19.3 Å². The maximum absolute atomic E-state index is 13.3. The average molecular weight is 611 g/mol. The minimum absolute atomic E-state index is 0.0973. The zero-order valence-electron chi connectivity index (χ0n) is 28.6. The van der Waals surface area contributed by atoms with Gasteiger partial charge >= 0.3 is 0 Å². The first-order valence-corrected chi connectivity index (χ1v) is 18.4. The molecule has 254 valence electrons. The largest absolute Gasteiger partial charge is 0.393 e. The van der Waals surface area contributed by atoms with Gasteiger partial charge in [-0.15, -0.1) is 0 Å². The predicted octanol–water partition coefficient (Wildman–Crippen LogP) is 9.13. The quantitative estimate of drug-likeness (QED) is 0.0505. The molecule has 0 heterocycles. The van der Waals surface area contributed by atoms with Crippen molar-refractivity contribution in [3.05, 3.63) is 0 Å². The van der Waals surface area contributed by atoms with E-state index in [2.05, 4.69) is 13.8 Å². The van der Waals surface area contributed by atoms with Gasteiger partial charge in [-0.2, -0.15) is 0 Å². The molecule has 0 fully saturated rings. The maximum Gasteiger partial charge on any atom is 0.219 e. The fourth-order valence-electron chi connectivity index (χ4n) is 6.07. The second-order valence-corrected chi connectivity index (χ2v) is 13.0. The van der Waals surface area contributed by atoms with Gasteiger partial charge in [0.2, 0.25) is 5.60 Å². The fraction of sp³-hybridized carbons (Fsp3) is 0.919. The number of hydrogen-bond donors (Lipinski definition) is 3. The third-order valence-electron chi connectivity index (χ3n) is 9.09. The number of aliphatic hydroxyl groups excluding tert-OH is 1. The molecule has 0 amide bonds. The molecule has 6 nitrogen and oxygen atoms in total. The van der Waals surface area contributed by atoms with Gasteiger partial charge in [0.05, 0.1) is 6.61 Å². The van der Waals surface area contributed by atoms with Crippen molar-refractivity contribution in [3.8, 4) is 0 Å². The monoisotopic (exact) mass is 611 g/mol. The molecule has 0 aromatic carbocycles. The molecule has 3 N–H and O–H groups in total. The van der Waals surface area contributed by atoms with Gasteiger partial charge in [-0.25, -0.2) is 0 Å².